The molecule has 3 amide bonds. The van der Waals surface area contributed by atoms with Crippen molar-refractivity contribution >= 4 is 17.9 Å². The fourth-order valence-corrected chi connectivity index (χ4v) is 2.12. The molecule has 0 bridgehead atoms. The Kier molecular flexibility index (Phi) is 4.74. The summed E-state index contributed by atoms with van der Waals surface area (Å²) < 4.78 is 0. The third-order valence-corrected chi connectivity index (χ3v) is 3.53. The average molecular weight is 271 g/mol. The molecule has 0 aromatic rings. The van der Waals surface area contributed by atoms with Crippen LogP contribution in [0, 0.1) is 5.41 Å². The Morgan fingerprint density at radius 3 is 2.53 bits per heavy atom. The Hall–Kier alpha value is -1.79. The van der Waals surface area contributed by atoms with Crippen molar-refractivity contribution in [2.45, 2.75) is 39.2 Å². The van der Waals surface area contributed by atoms with Gasteiger partial charge in [-0.1, -0.05) is 13.3 Å². The van der Waals surface area contributed by atoms with E-state index in [4.69, 9.17) is 10.8 Å². The highest BCUT2D eigenvalue weighted by atomic mass is 16.4. The van der Waals surface area contributed by atoms with Gasteiger partial charge in [0.25, 0.3) is 0 Å². The van der Waals surface area contributed by atoms with E-state index in [-0.39, 0.29) is 6.54 Å². The molecule has 0 aromatic carbocycles. The van der Waals surface area contributed by atoms with Gasteiger partial charge in [0.05, 0.1) is 5.41 Å². The molecule has 1 saturated heterocycles. The van der Waals surface area contributed by atoms with Gasteiger partial charge in [0.2, 0.25) is 5.91 Å². The molecule has 7 nitrogen and oxygen atoms in total. The number of primary amides is 1. The first-order valence-electron chi connectivity index (χ1n) is 6.38. The van der Waals surface area contributed by atoms with E-state index >= 15 is 0 Å². The van der Waals surface area contributed by atoms with Crippen LogP contribution in [0.2, 0.25) is 0 Å². The lowest BCUT2D eigenvalue weighted by Gasteiger charge is -2.23. The molecule has 0 spiro atoms. The Bertz CT molecular complexity index is 385. The zero-order valence-electron chi connectivity index (χ0n) is 11.3. The van der Waals surface area contributed by atoms with Crippen LogP contribution < -0.4 is 11.1 Å². The van der Waals surface area contributed by atoms with Gasteiger partial charge in [-0.15, -0.1) is 0 Å². The topological polar surface area (TPSA) is 113 Å². The molecular weight excluding hydrogens is 250 g/mol. The summed E-state index contributed by atoms with van der Waals surface area (Å²) in [7, 11) is 0. The number of rotatable bonds is 5. The molecule has 0 saturated carbocycles. The zero-order valence-corrected chi connectivity index (χ0v) is 11.3. The van der Waals surface area contributed by atoms with Gasteiger partial charge in [-0.25, -0.2) is 9.59 Å². The molecule has 0 aromatic heterocycles. The van der Waals surface area contributed by atoms with E-state index in [2.05, 4.69) is 5.32 Å². The molecule has 108 valence electrons. The first kappa shape index (κ1) is 15.3. The minimum Gasteiger partial charge on any atom is -0.480 e. The summed E-state index contributed by atoms with van der Waals surface area (Å²) >= 11 is 0. The minimum absolute atomic E-state index is 0.229. The van der Waals surface area contributed by atoms with E-state index in [0.717, 1.165) is 0 Å². The smallest absolute Gasteiger partial charge is 0.326 e. The molecule has 0 aliphatic carbocycles. The van der Waals surface area contributed by atoms with Gasteiger partial charge < -0.3 is 21.1 Å². The van der Waals surface area contributed by atoms with E-state index in [1.807, 2.05) is 6.92 Å². The number of urea groups is 1. The number of carbonyl (C=O) groups excluding carboxylic acids is 2. The second-order valence-corrected chi connectivity index (χ2v) is 5.23. The largest absolute Gasteiger partial charge is 0.480 e. The number of aliphatic carboxylic acids is 1. The number of nitrogens with two attached hydrogens (primary N) is 1. The van der Waals surface area contributed by atoms with Gasteiger partial charge in [0.1, 0.15) is 6.04 Å². The van der Waals surface area contributed by atoms with Crippen molar-refractivity contribution in [2.75, 3.05) is 13.1 Å². The lowest BCUT2D eigenvalue weighted by atomic mass is 9.89. The van der Waals surface area contributed by atoms with Gasteiger partial charge in [-0.05, 0) is 19.8 Å². The molecule has 7 heteroatoms. The number of carboxylic acids is 1. The van der Waals surface area contributed by atoms with E-state index in [0.29, 0.717) is 25.8 Å². The minimum atomic E-state index is -1.05. The Morgan fingerprint density at radius 2 is 2.11 bits per heavy atom. The van der Waals surface area contributed by atoms with Crippen molar-refractivity contribution in [3.05, 3.63) is 0 Å². The number of carbonyl (C=O) groups is 3. The fourth-order valence-electron chi connectivity index (χ4n) is 2.12. The van der Waals surface area contributed by atoms with Gasteiger partial charge in [-0.2, -0.15) is 0 Å². The second-order valence-electron chi connectivity index (χ2n) is 5.23. The second kappa shape index (κ2) is 5.90. The quantitative estimate of drug-likeness (QED) is 0.660. The number of nitrogens with one attached hydrogen (secondary N) is 1. The van der Waals surface area contributed by atoms with Crippen molar-refractivity contribution in [3.63, 3.8) is 0 Å². The van der Waals surface area contributed by atoms with Gasteiger partial charge in [0.15, 0.2) is 0 Å². The summed E-state index contributed by atoms with van der Waals surface area (Å²) in [5.41, 5.74) is 4.58. The van der Waals surface area contributed by atoms with E-state index in [9.17, 15) is 14.4 Å². The first-order chi connectivity index (χ1) is 8.80. The van der Waals surface area contributed by atoms with Crippen molar-refractivity contribution in [3.8, 4) is 0 Å². The SMILES string of the molecule is CCCC(NC(=O)N1CCC(C)(C(N)=O)C1)C(=O)O. The van der Waals surface area contributed by atoms with Gasteiger partial charge in [0, 0.05) is 13.1 Å². The predicted octanol–water partition coefficient (Wildman–Crippen LogP) is 0.147. The maximum atomic E-state index is 11.9. The number of hydrogen-bond acceptors (Lipinski definition) is 3. The maximum Gasteiger partial charge on any atom is 0.326 e. The van der Waals surface area contributed by atoms with Crippen LogP contribution in [0.1, 0.15) is 33.1 Å². The average Bonchev–Trinajstić information content (AvgIpc) is 2.72. The monoisotopic (exact) mass is 271 g/mol. The predicted molar refractivity (Wildman–Crippen MR) is 68.4 cm³/mol. The standard InChI is InChI=1S/C12H21N3O4/c1-3-4-8(9(16)17)14-11(19)15-6-5-12(2,7-15)10(13)18/h8H,3-7H2,1-2H3,(H2,13,18)(H,14,19)(H,16,17). The van der Waals surface area contributed by atoms with Crippen LogP contribution in [0.3, 0.4) is 0 Å². The van der Waals surface area contributed by atoms with Crippen LogP contribution in [-0.2, 0) is 9.59 Å². The summed E-state index contributed by atoms with van der Waals surface area (Å²) in [5.74, 6) is -1.49. The highest BCUT2D eigenvalue weighted by Gasteiger charge is 2.41. The third-order valence-electron chi connectivity index (χ3n) is 3.53. The molecule has 2 unspecified atom stereocenters. The molecule has 1 aliphatic heterocycles. The molecule has 1 heterocycles. The molecule has 4 N–H and O–H groups in total. The van der Waals surface area contributed by atoms with Gasteiger partial charge >= 0.3 is 12.0 Å². The molecule has 19 heavy (non-hydrogen) atoms. The van der Waals surface area contributed by atoms with Crippen LogP contribution in [-0.4, -0.2) is 47.0 Å². The van der Waals surface area contributed by atoms with Crippen LogP contribution in [0.15, 0.2) is 0 Å². The molecule has 0 radical (unpaired) electrons. The van der Waals surface area contributed by atoms with Crippen molar-refractivity contribution in [1.29, 1.82) is 0 Å². The van der Waals surface area contributed by atoms with Crippen molar-refractivity contribution < 1.29 is 19.5 Å². The Labute approximate surface area is 112 Å². The van der Waals surface area contributed by atoms with Crippen LogP contribution in [0.4, 0.5) is 4.79 Å². The number of hydrogen-bond donors (Lipinski definition) is 3. The summed E-state index contributed by atoms with van der Waals surface area (Å²) in [6.45, 7) is 4.20. The number of nitrogens with zero attached hydrogens (tertiary/aromatic N) is 1. The fraction of sp³-hybridized carbons (Fsp3) is 0.750. The van der Waals surface area contributed by atoms with Crippen LogP contribution in [0.25, 0.3) is 0 Å². The molecule has 1 fully saturated rings. The van der Waals surface area contributed by atoms with Gasteiger partial charge in [-0.3, -0.25) is 4.79 Å². The van der Waals surface area contributed by atoms with Crippen molar-refractivity contribution in [1.82, 2.24) is 10.2 Å². The molecule has 1 aliphatic rings. The normalized spacial score (nSPS) is 24.0. The molecule has 1 rings (SSSR count). The molecule has 2 atom stereocenters. The summed E-state index contributed by atoms with van der Waals surface area (Å²) in [6.07, 6.45) is 1.54. The van der Waals surface area contributed by atoms with E-state index in [1.165, 1.54) is 4.90 Å². The Balaban J connectivity index is 2.60. The maximum absolute atomic E-state index is 11.9. The van der Waals surface area contributed by atoms with E-state index < -0.39 is 29.4 Å². The van der Waals surface area contributed by atoms with Crippen LogP contribution >= 0.6 is 0 Å². The summed E-state index contributed by atoms with van der Waals surface area (Å²) in [5, 5.41) is 11.5. The zero-order chi connectivity index (χ0) is 14.6. The summed E-state index contributed by atoms with van der Waals surface area (Å²) in [6, 6.07) is -1.34. The highest BCUT2D eigenvalue weighted by molar-refractivity contribution is 5.85. The number of likely N-dealkylation sites (tertiary alicyclic amines) is 1. The Morgan fingerprint density at radius 1 is 1.47 bits per heavy atom. The van der Waals surface area contributed by atoms with Crippen molar-refractivity contribution in [2.24, 2.45) is 11.1 Å². The number of amides is 3. The lowest BCUT2D eigenvalue weighted by Crippen LogP contribution is -2.48. The highest BCUT2D eigenvalue weighted by Crippen LogP contribution is 2.29. The molecular formula is C12H21N3O4. The lowest BCUT2D eigenvalue weighted by molar-refractivity contribution is -0.139. The van der Waals surface area contributed by atoms with E-state index in [1.54, 1.807) is 6.92 Å². The van der Waals surface area contributed by atoms with Crippen LogP contribution in [0.5, 0.6) is 0 Å². The first-order valence-corrected chi connectivity index (χ1v) is 6.38. The summed E-state index contributed by atoms with van der Waals surface area (Å²) in [4.78, 5) is 35.6. The third kappa shape index (κ3) is 3.59. The number of carboxylic acid groups (broad SMARTS) is 1.